The number of carboxylic acid groups (broad SMARTS) is 1. The number of aliphatic carboxylic acids is 1. The van der Waals surface area contributed by atoms with E-state index < -0.39 is 17.8 Å². The Bertz CT molecular complexity index is 395. The first-order valence-electron chi connectivity index (χ1n) is 4.35. The van der Waals surface area contributed by atoms with Crippen LogP contribution in [0.5, 0.6) is 0 Å². The van der Waals surface area contributed by atoms with Crippen molar-refractivity contribution in [2.75, 3.05) is 0 Å². The second kappa shape index (κ2) is 4.72. The molecule has 1 unspecified atom stereocenters. The van der Waals surface area contributed by atoms with Crippen molar-refractivity contribution in [1.29, 1.82) is 0 Å². The number of nitrogens with two attached hydrogens (primary N) is 1. The van der Waals surface area contributed by atoms with Crippen LogP contribution in [0.4, 0.5) is 4.39 Å². The molecule has 0 heterocycles. The van der Waals surface area contributed by atoms with E-state index in [1.54, 1.807) is 19.1 Å². The molecule has 15 heavy (non-hydrogen) atoms. The van der Waals surface area contributed by atoms with Crippen LogP contribution in [-0.2, 0) is 4.79 Å². The Morgan fingerprint density at radius 3 is 2.80 bits per heavy atom. The van der Waals surface area contributed by atoms with Gasteiger partial charge in [-0.15, -0.1) is 0 Å². The van der Waals surface area contributed by atoms with E-state index in [2.05, 4.69) is 15.9 Å². The van der Waals surface area contributed by atoms with E-state index in [1.807, 2.05) is 0 Å². The van der Waals surface area contributed by atoms with Gasteiger partial charge in [0, 0.05) is 11.6 Å². The summed E-state index contributed by atoms with van der Waals surface area (Å²) in [5, 5.41) is 8.58. The first kappa shape index (κ1) is 12.1. The molecular weight excluding hydrogens is 265 g/mol. The number of rotatable bonds is 3. The molecule has 0 amide bonds. The Morgan fingerprint density at radius 1 is 1.67 bits per heavy atom. The maximum absolute atomic E-state index is 13.6. The second-order valence-corrected chi connectivity index (χ2v) is 4.15. The fourth-order valence-electron chi connectivity index (χ4n) is 1.41. The van der Waals surface area contributed by atoms with Crippen molar-refractivity contribution in [3.8, 4) is 0 Å². The molecule has 1 atom stereocenters. The van der Waals surface area contributed by atoms with Crippen molar-refractivity contribution >= 4 is 21.9 Å². The molecule has 82 valence electrons. The van der Waals surface area contributed by atoms with Gasteiger partial charge in [-0.1, -0.05) is 6.07 Å². The molecule has 0 aliphatic heterocycles. The summed E-state index contributed by atoms with van der Waals surface area (Å²) in [6.45, 7) is 1.70. The summed E-state index contributed by atoms with van der Waals surface area (Å²) in [6.07, 6.45) is -0.284. The molecule has 0 fully saturated rings. The lowest BCUT2D eigenvalue weighted by Gasteiger charge is -2.14. The van der Waals surface area contributed by atoms with Crippen LogP contribution >= 0.6 is 15.9 Å². The molecular formula is C10H11BrFNO2. The zero-order valence-corrected chi connectivity index (χ0v) is 9.71. The summed E-state index contributed by atoms with van der Waals surface area (Å²) in [4.78, 5) is 10.5. The van der Waals surface area contributed by atoms with Crippen LogP contribution in [0.25, 0.3) is 0 Å². The zero-order chi connectivity index (χ0) is 11.6. The van der Waals surface area contributed by atoms with Gasteiger partial charge in [-0.25, -0.2) is 4.39 Å². The van der Waals surface area contributed by atoms with Gasteiger partial charge in [0.25, 0.3) is 0 Å². The van der Waals surface area contributed by atoms with Crippen molar-refractivity contribution in [2.45, 2.75) is 19.4 Å². The second-order valence-electron chi connectivity index (χ2n) is 3.30. The van der Waals surface area contributed by atoms with E-state index in [1.165, 1.54) is 0 Å². The normalized spacial score (nSPS) is 12.5. The van der Waals surface area contributed by atoms with Crippen LogP contribution in [-0.4, -0.2) is 11.1 Å². The molecule has 0 aromatic heterocycles. The minimum Gasteiger partial charge on any atom is -0.481 e. The summed E-state index contributed by atoms with van der Waals surface area (Å²) in [6, 6.07) is 2.45. The monoisotopic (exact) mass is 275 g/mol. The van der Waals surface area contributed by atoms with E-state index in [4.69, 9.17) is 10.8 Å². The van der Waals surface area contributed by atoms with Gasteiger partial charge in [0.05, 0.1) is 10.9 Å². The van der Waals surface area contributed by atoms with Gasteiger partial charge in [-0.2, -0.15) is 0 Å². The molecule has 0 bridgehead atoms. The molecule has 1 aromatic rings. The SMILES string of the molecule is Cc1ccc(Br)c(F)c1C(N)CC(=O)O. The largest absolute Gasteiger partial charge is 0.481 e. The lowest BCUT2D eigenvalue weighted by Crippen LogP contribution is -2.17. The van der Waals surface area contributed by atoms with Crippen molar-refractivity contribution in [3.63, 3.8) is 0 Å². The average molecular weight is 276 g/mol. The lowest BCUT2D eigenvalue weighted by molar-refractivity contribution is -0.137. The van der Waals surface area contributed by atoms with Gasteiger partial charge in [0.15, 0.2) is 0 Å². The third-order valence-corrected chi connectivity index (χ3v) is 2.73. The van der Waals surface area contributed by atoms with E-state index in [9.17, 15) is 9.18 Å². The minimum absolute atomic E-state index is 0.256. The van der Waals surface area contributed by atoms with E-state index >= 15 is 0 Å². The molecule has 0 aliphatic carbocycles. The lowest BCUT2D eigenvalue weighted by atomic mass is 9.99. The highest BCUT2D eigenvalue weighted by Crippen LogP contribution is 2.27. The Kier molecular flexibility index (Phi) is 3.82. The maximum Gasteiger partial charge on any atom is 0.305 e. The highest BCUT2D eigenvalue weighted by molar-refractivity contribution is 9.10. The number of aryl methyl sites for hydroxylation is 1. The molecule has 0 saturated carbocycles. The molecule has 0 saturated heterocycles. The number of hydrogen-bond acceptors (Lipinski definition) is 2. The van der Waals surface area contributed by atoms with Gasteiger partial charge >= 0.3 is 5.97 Å². The van der Waals surface area contributed by atoms with E-state index in [0.29, 0.717) is 10.0 Å². The van der Waals surface area contributed by atoms with Crippen LogP contribution in [0.2, 0.25) is 0 Å². The topological polar surface area (TPSA) is 63.3 Å². The molecule has 1 rings (SSSR count). The van der Waals surface area contributed by atoms with Crippen molar-refractivity contribution in [1.82, 2.24) is 0 Å². The summed E-state index contributed by atoms with van der Waals surface area (Å²) >= 11 is 3.04. The molecule has 1 aromatic carbocycles. The summed E-state index contributed by atoms with van der Waals surface area (Å²) in [7, 11) is 0. The van der Waals surface area contributed by atoms with Gasteiger partial charge in [0.1, 0.15) is 5.82 Å². The standard InChI is InChI=1S/C10H11BrFNO2/c1-5-2-3-6(11)10(12)9(5)7(13)4-8(14)15/h2-3,7H,4,13H2,1H3,(H,14,15). The fraction of sp³-hybridized carbons (Fsp3) is 0.300. The van der Waals surface area contributed by atoms with Crippen LogP contribution in [0.1, 0.15) is 23.6 Å². The van der Waals surface area contributed by atoms with Gasteiger partial charge in [0.2, 0.25) is 0 Å². The molecule has 0 radical (unpaired) electrons. The average Bonchev–Trinajstić information content (AvgIpc) is 2.11. The highest BCUT2D eigenvalue weighted by atomic mass is 79.9. The summed E-state index contributed by atoms with van der Waals surface area (Å²) in [5.74, 6) is -1.52. The highest BCUT2D eigenvalue weighted by Gasteiger charge is 2.18. The van der Waals surface area contributed by atoms with Gasteiger partial charge in [-0.05, 0) is 34.5 Å². The van der Waals surface area contributed by atoms with E-state index in [-0.39, 0.29) is 12.0 Å². The molecule has 0 spiro atoms. The first-order valence-corrected chi connectivity index (χ1v) is 5.14. The zero-order valence-electron chi connectivity index (χ0n) is 8.13. The number of carboxylic acids is 1. The molecule has 5 heteroatoms. The van der Waals surface area contributed by atoms with Gasteiger partial charge < -0.3 is 10.8 Å². The Balaban J connectivity index is 3.12. The minimum atomic E-state index is -1.04. The Labute approximate surface area is 95.2 Å². The Morgan fingerprint density at radius 2 is 2.27 bits per heavy atom. The molecule has 3 nitrogen and oxygen atoms in total. The smallest absolute Gasteiger partial charge is 0.305 e. The van der Waals surface area contributed by atoms with Crippen LogP contribution in [0.3, 0.4) is 0 Å². The predicted molar refractivity (Wildman–Crippen MR) is 58.0 cm³/mol. The number of halogens is 2. The number of carbonyl (C=O) groups is 1. The quantitative estimate of drug-likeness (QED) is 0.890. The van der Waals surface area contributed by atoms with Crippen LogP contribution < -0.4 is 5.73 Å². The molecule has 0 aliphatic rings. The third kappa shape index (κ3) is 2.76. The maximum atomic E-state index is 13.6. The number of benzene rings is 1. The third-order valence-electron chi connectivity index (χ3n) is 2.12. The summed E-state index contributed by atoms with van der Waals surface area (Å²) < 4.78 is 13.9. The predicted octanol–water partition coefficient (Wildman–Crippen LogP) is 2.37. The van der Waals surface area contributed by atoms with Crippen LogP contribution in [0, 0.1) is 12.7 Å². The van der Waals surface area contributed by atoms with Crippen molar-refractivity contribution < 1.29 is 14.3 Å². The Hall–Kier alpha value is -0.940. The van der Waals surface area contributed by atoms with E-state index in [0.717, 1.165) is 0 Å². The number of hydrogen-bond donors (Lipinski definition) is 2. The molecule has 3 N–H and O–H groups in total. The van der Waals surface area contributed by atoms with Crippen molar-refractivity contribution in [2.24, 2.45) is 5.73 Å². The van der Waals surface area contributed by atoms with Crippen LogP contribution in [0.15, 0.2) is 16.6 Å². The van der Waals surface area contributed by atoms with Crippen molar-refractivity contribution in [3.05, 3.63) is 33.5 Å². The fourth-order valence-corrected chi connectivity index (χ4v) is 1.75. The van der Waals surface area contributed by atoms with Gasteiger partial charge in [-0.3, -0.25) is 4.79 Å². The summed E-state index contributed by atoms with van der Waals surface area (Å²) in [5.41, 5.74) is 6.54. The first-order chi connectivity index (χ1) is 6.93.